The van der Waals surface area contributed by atoms with E-state index in [1.54, 1.807) is 18.2 Å². The van der Waals surface area contributed by atoms with Gasteiger partial charge in [0, 0.05) is 11.1 Å². The van der Waals surface area contributed by atoms with Gasteiger partial charge in [0.2, 0.25) is 0 Å². The van der Waals surface area contributed by atoms with Gasteiger partial charge >= 0.3 is 6.03 Å². The third kappa shape index (κ3) is 3.79. The van der Waals surface area contributed by atoms with Crippen LogP contribution in [0.25, 0.3) is 0 Å². The number of hydrogen-bond acceptors (Lipinski definition) is 3. The largest absolute Gasteiger partial charge is 0.497 e. The fourth-order valence-corrected chi connectivity index (χ4v) is 1.93. The van der Waals surface area contributed by atoms with Crippen molar-refractivity contribution in [2.24, 2.45) is 0 Å². The topological polar surface area (TPSA) is 59.6 Å². The Morgan fingerprint density at radius 2 is 1.73 bits per heavy atom. The van der Waals surface area contributed by atoms with Crippen LogP contribution in [0.1, 0.15) is 0 Å². The summed E-state index contributed by atoms with van der Waals surface area (Å²) in [5, 5.41) is 5.22. The molecule has 2 N–H and O–H groups in total. The third-order valence-corrected chi connectivity index (χ3v) is 3.07. The highest BCUT2D eigenvalue weighted by Crippen LogP contribution is 2.29. The number of anilines is 2. The fraction of sp³-hybridized carbons (Fsp3) is 0.133. The van der Waals surface area contributed by atoms with Crippen molar-refractivity contribution in [2.45, 2.75) is 0 Å². The first-order valence-electron chi connectivity index (χ1n) is 6.28. The van der Waals surface area contributed by atoms with Crippen LogP contribution in [0.3, 0.4) is 0 Å². The lowest BCUT2D eigenvalue weighted by Crippen LogP contribution is -2.20. The van der Waals surface area contributed by atoms with E-state index in [1.807, 2.05) is 0 Å². The minimum atomic E-state index is -0.621. The van der Waals surface area contributed by atoms with Gasteiger partial charge in [-0.25, -0.2) is 9.18 Å². The van der Waals surface area contributed by atoms with Gasteiger partial charge in [-0.3, -0.25) is 0 Å². The molecule has 0 heterocycles. The summed E-state index contributed by atoms with van der Waals surface area (Å²) in [5.41, 5.74) is 0.449. The summed E-state index contributed by atoms with van der Waals surface area (Å²) in [6.07, 6.45) is 0. The van der Waals surface area contributed by atoms with Gasteiger partial charge in [-0.2, -0.15) is 0 Å². The standard InChI is InChI=1S/C15H14ClFN2O3/c1-21-10-4-6-13(14(8-10)22-2)19-15(20)18-12-5-3-9(16)7-11(12)17/h3-8H,1-2H3,(H2,18,19,20). The van der Waals surface area contributed by atoms with Crippen molar-refractivity contribution in [1.29, 1.82) is 0 Å². The van der Waals surface area contributed by atoms with E-state index in [1.165, 1.54) is 26.4 Å². The first-order chi connectivity index (χ1) is 10.5. The number of halogens is 2. The summed E-state index contributed by atoms with van der Waals surface area (Å²) < 4.78 is 23.9. The molecule has 0 aromatic heterocycles. The quantitative estimate of drug-likeness (QED) is 0.888. The Bertz CT molecular complexity index is 694. The van der Waals surface area contributed by atoms with Crippen LogP contribution >= 0.6 is 11.6 Å². The highest BCUT2D eigenvalue weighted by molar-refractivity contribution is 6.30. The Kier molecular flexibility index (Phi) is 5.06. The maximum absolute atomic E-state index is 13.6. The molecule has 116 valence electrons. The lowest BCUT2D eigenvalue weighted by Gasteiger charge is -2.12. The molecule has 5 nitrogen and oxygen atoms in total. The molecule has 0 unspecified atom stereocenters. The molecule has 0 aliphatic carbocycles. The zero-order valence-electron chi connectivity index (χ0n) is 11.9. The van der Waals surface area contributed by atoms with E-state index in [2.05, 4.69) is 10.6 Å². The molecule has 0 atom stereocenters. The van der Waals surface area contributed by atoms with Gasteiger partial charge in [-0.05, 0) is 30.3 Å². The van der Waals surface area contributed by atoms with Gasteiger partial charge in [0.25, 0.3) is 0 Å². The SMILES string of the molecule is COc1ccc(NC(=O)Nc2ccc(Cl)cc2F)c(OC)c1. The van der Waals surface area contributed by atoms with Crippen LogP contribution < -0.4 is 20.1 Å². The molecule has 0 aliphatic heterocycles. The predicted molar refractivity (Wildman–Crippen MR) is 83.6 cm³/mol. The van der Waals surface area contributed by atoms with Crippen LogP contribution in [0, 0.1) is 5.82 Å². The number of hydrogen-bond donors (Lipinski definition) is 2. The van der Waals surface area contributed by atoms with E-state index in [9.17, 15) is 9.18 Å². The van der Waals surface area contributed by atoms with Gasteiger partial charge in [0.1, 0.15) is 17.3 Å². The average Bonchev–Trinajstić information content (AvgIpc) is 2.50. The molecule has 0 radical (unpaired) electrons. The van der Waals surface area contributed by atoms with Gasteiger partial charge in [0.15, 0.2) is 0 Å². The van der Waals surface area contributed by atoms with Gasteiger partial charge in [-0.1, -0.05) is 11.6 Å². The molecule has 0 saturated carbocycles. The number of benzene rings is 2. The number of carbonyl (C=O) groups excluding carboxylic acids is 1. The predicted octanol–water partition coefficient (Wildman–Crippen LogP) is 4.14. The van der Waals surface area contributed by atoms with Crippen molar-refractivity contribution in [1.82, 2.24) is 0 Å². The Balaban J connectivity index is 2.12. The molecular weight excluding hydrogens is 311 g/mol. The molecule has 7 heteroatoms. The Hall–Kier alpha value is -2.47. The fourth-order valence-electron chi connectivity index (χ4n) is 1.77. The molecule has 2 rings (SSSR count). The summed E-state index contributed by atoms with van der Waals surface area (Å²) in [6, 6.07) is 8.28. The van der Waals surface area contributed by atoms with Crippen molar-refractivity contribution >= 4 is 29.0 Å². The summed E-state index contributed by atoms with van der Waals surface area (Å²) in [7, 11) is 2.99. The van der Waals surface area contributed by atoms with E-state index in [0.717, 1.165) is 6.07 Å². The average molecular weight is 325 g/mol. The smallest absolute Gasteiger partial charge is 0.323 e. The molecule has 2 aromatic carbocycles. The number of ether oxygens (including phenoxy) is 2. The monoisotopic (exact) mass is 324 g/mol. The van der Waals surface area contributed by atoms with Crippen molar-refractivity contribution in [3.05, 3.63) is 47.2 Å². The Labute approximate surface area is 132 Å². The number of carbonyl (C=O) groups is 1. The molecule has 2 amide bonds. The van der Waals surface area contributed by atoms with Crippen molar-refractivity contribution in [2.75, 3.05) is 24.9 Å². The number of methoxy groups -OCH3 is 2. The number of amides is 2. The maximum Gasteiger partial charge on any atom is 0.323 e. The summed E-state index contributed by atoms with van der Waals surface area (Å²) in [6.45, 7) is 0. The second-order valence-corrected chi connectivity index (χ2v) is 4.71. The van der Waals surface area contributed by atoms with Crippen LogP contribution in [0.2, 0.25) is 5.02 Å². The number of nitrogens with one attached hydrogen (secondary N) is 2. The van der Waals surface area contributed by atoms with Crippen LogP contribution in [-0.2, 0) is 0 Å². The minimum absolute atomic E-state index is 0.0226. The minimum Gasteiger partial charge on any atom is -0.497 e. The highest BCUT2D eigenvalue weighted by Gasteiger charge is 2.11. The second-order valence-electron chi connectivity index (χ2n) is 4.27. The zero-order valence-corrected chi connectivity index (χ0v) is 12.7. The van der Waals surface area contributed by atoms with Crippen molar-refractivity contribution < 1.29 is 18.7 Å². The first kappa shape index (κ1) is 15.9. The third-order valence-electron chi connectivity index (χ3n) is 2.84. The molecule has 0 fully saturated rings. The molecule has 0 saturated heterocycles. The Morgan fingerprint density at radius 1 is 1.05 bits per heavy atom. The lowest BCUT2D eigenvalue weighted by atomic mass is 10.2. The second kappa shape index (κ2) is 7.00. The lowest BCUT2D eigenvalue weighted by molar-refractivity contribution is 0.262. The molecular formula is C15H14ClFN2O3. The van der Waals surface area contributed by atoms with Gasteiger partial charge < -0.3 is 20.1 Å². The Morgan fingerprint density at radius 3 is 2.36 bits per heavy atom. The molecule has 2 aromatic rings. The van der Waals surface area contributed by atoms with Crippen LogP contribution in [-0.4, -0.2) is 20.3 Å². The van der Waals surface area contributed by atoms with E-state index in [0.29, 0.717) is 17.2 Å². The molecule has 22 heavy (non-hydrogen) atoms. The maximum atomic E-state index is 13.6. The number of urea groups is 1. The summed E-state index contributed by atoms with van der Waals surface area (Å²) in [5.74, 6) is 0.391. The van der Waals surface area contributed by atoms with Crippen molar-refractivity contribution in [3.63, 3.8) is 0 Å². The van der Waals surface area contributed by atoms with Gasteiger partial charge in [-0.15, -0.1) is 0 Å². The van der Waals surface area contributed by atoms with Crippen LogP contribution in [0.4, 0.5) is 20.6 Å². The van der Waals surface area contributed by atoms with E-state index in [4.69, 9.17) is 21.1 Å². The van der Waals surface area contributed by atoms with Crippen LogP contribution in [0.5, 0.6) is 11.5 Å². The zero-order chi connectivity index (χ0) is 16.1. The highest BCUT2D eigenvalue weighted by atomic mass is 35.5. The summed E-state index contributed by atoms with van der Waals surface area (Å²) >= 11 is 5.65. The van der Waals surface area contributed by atoms with Crippen LogP contribution in [0.15, 0.2) is 36.4 Å². The molecule has 0 aliphatic rings. The molecule has 0 spiro atoms. The molecule has 0 bridgehead atoms. The van der Waals surface area contributed by atoms with E-state index in [-0.39, 0.29) is 10.7 Å². The van der Waals surface area contributed by atoms with E-state index >= 15 is 0 Å². The first-order valence-corrected chi connectivity index (χ1v) is 6.66. The van der Waals surface area contributed by atoms with Crippen molar-refractivity contribution in [3.8, 4) is 11.5 Å². The summed E-state index contributed by atoms with van der Waals surface area (Å²) in [4.78, 5) is 11.9. The number of rotatable bonds is 4. The van der Waals surface area contributed by atoms with Gasteiger partial charge in [0.05, 0.1) is 25.6 Å². The normalized spacial score (nSPS) is 10.0. The van der Waals surface area contributed by atoms with E-state index < -0.39 is 11.8 Å².